The van der Waals surface area contributed by atoms with Crippen molar-refractivity contribution < 1.29 is 14.3 Å². The highest BCUT2D eigenvalue weighted by Gasteiger charge is 2.12. The summed E-state index contributed by atoms with van der Waals surface area (Å²) in [6.07, 6.45) is 2.21. The second kappa shape index (κ2) is 8.83. The van der Waals surface area contributed by atoms with E-state index in [0.717, 1.165) is 22.6 Å². The molecule has 1 N–H and O–H groups in total. The summed E-state index contributed by atoms with van der Waals surface area (Å²) in [6, 6.07) is 7.50. The van der Waals surface area contributed by atoms with E-state index in [-0.39, 0.29) is 11.9 Å². The highest BCUT2D eigenvalue weighted by Crippen LogP contribution is 2.28. The van der Waals surface area contributed by atoms with E-state index >= 15 is 0 Å². The molecule has 3 aromatic rings. The van der Waals surface area contributed by atoms with Crippen molar-refractivity contribution in [2.24, 2.45) is 0 Å². The third kappa shape index (κ3) is 4.48. The predicted molar refractivity (Wildman–Crippen MR) is 109 cm³/mol. The van der Waals surface area contributed by atoms with Crippen LogP contribution in [-0.2, 0) is 4.74 Å². The van der Waals surface area contributed by atoms with Crippen LogP contribution in [0.3, 0.4) is 0 Å². The monoisotopic (exact) mass is 401 g/mol. The first-order valence-electron chi connectivity index (χ1n) is 9.07. The molecule has 28 heavy (non-hydrogen) atoms. The number of carbonyl (C=O) groups excluding carboxylic acids is 2. The molecule has 0 radical (unpaired) electrons. The number of rotatable bonds is 8. The molecule has 0 aromatic carbocycles. The van der Waals surface area contributed by atoms with Gasteiger partial charge in [0.25, 0.3) is 0 Å². The minimum Gasteiger partial charge on any atom is -0.450 e. The number of thiophene rings is 1. The van der Waals surface area contributed by atoms with Crippen LogP contribution < -0.4 is 5.32 Å². The zero-order valence-electron chi connectivity index (χ0n) is 16.1. The minimum absolute atomic E-state index is 0.0492. The topological polar surface area (TPSA) is 88.8 Å². The van der Waals surface area contributed by atoms with Gasteiger partial charge in [0, 0.05) is 20.1 Å². The molecule has 0 saturated heterocycles. The lowest BCUT2D eigenvalue weighted by molar-refractivity contribution is 0.102. The standard InChI is InChI=1S/C19H23N5O3S/c1-4-27-19(26)23(3)11-5-10-20-17-8-9-18-21-12-14(24(18)22-17)16-7-6-15(28-16)13(2)25/h6-9,12H,4-5,10-11H2,1-3H3,(H,20,22). The first-order valence-corrected chi connectivity index (χ1v) is 9.89. The third-order valence-electron chi connectivity index (χ3n) is 4.12. The van der Waals surface area contributed by atoms with E-state index in [4.69, 9.17) is 4.74 Å². The molecule has 3 rings (SSSR count). The Morgan fingerprint density at radius 2 is 2.11 bits per heavy atom. The molecule has 0 bridgehead atoms. The molecule has 0 aliphatic carbocycles. The van der Waals surface area contributed by atoms with Gasteiger partial charge in [0.15, 0.2) is 11.4 Å². The summed E-state index contributed by atoms with van der Waals surface area (Å²) in [7, 11) is 1.72. The van der Waals surface area contributed by atoms with Gasteiger partial charge in [-0.05, 0) is 44.5 Å². The lowest BCUT2D eigenvalue weighted by Gasteiger charge is -2.16. The van der Waals surface area contributed by atoms with Crippen molar-refractivity contribution in [3.05, 3.63) is 35.3 Å². The molecule has 0 atom stereocenters. The van der Waals surface area contributed by atoms with Crippen LogP contribution in [0.1, 0.15) is 29.9 Å². The molecular formula is C19H23N5O3S. The number of aromatic nitrogens is 3. The fraction of sp³-hybridized carbons (Fsp3) is 0.368. The molecule has 9 heteroatoms. The Kier molecular flexibility index (Phi) is 6.25. The van der Waals surface area contributed by atoms with Gasteiger partial charge in [-0.1, -0.05) is 0 Å². The number of nitrogens with one attached hydrogen (secondary N) is 1. The van der Waals surface area contributed by atoms with Crippen LogP contribution in [0.15, 0.2) is 30.5 Å². The highest BCUT2D eigenvalue weighted by molar-refractivity contribution is 7.17. The van der Waals surface area contributed by atoms with Crippen molar-refractivity contribution in [3.63, 3.8) is 0 Å². The first kappa shape index (κ1) is 19.8. The molecule has 0 spiro atoms. The Balaban J connectivity index is 1.65. The summed E-state index contributed by atoms with van der Waals surface area (Å²) in [6.45, 7) is 4.98. The van der Waals surface area contributed by atoms with Crippen molar-refractivity contribution in [1.82, 2.24) is 19.5 Å². The second-order valence-corrected chi connectivity index (χ2v) is 7.34. The van der Waals surface area contributed by atoms with E-state index in [0.29, 0.717) is 30.4 Å². The Morgan fingerprint density at radius 3 is 2.82 bits per heavy atom. The Labute approximate surface area is 167 Å². The maximum absolute atomic E-state index is 11.6. The third-order valence-corrected chi connectivity index (χ3v) is 5.33. The first-order chi connectivity index (χ1) is 13.5. The number of ether oxygens (including phenoxy) is 1. The highest BCUT2D eigenvalue weighted by atomic mass is 32.1. The van der Waals surface area contributed by atoms with Gasteiger partial charge < -0.3 is 15.0 Å². The summed E-state index contributed by atoms with van der Waals surface area (Å²) >= 11 is 1.43. The number of imidazole rings is 1. The van der Waals surface area contributed by atoms with Gasteiger partial charge in [-0.25, -0.2) is 14.3 Å². The van der Waals surface area contributed by atoms with E-state index in [1.165, 1.54) is 11.3 Å². The molecule has 0 saturated carbocycles. The maximum Gasteiger partial charge on any atom is 0.409 e. The van der Waals surface area contributed by atoms with Crippen LogP contribution in [0, 0.1) is 0 Å². The van der Waals surface area contributed by atoms with Crippen LogP contribution in [0.25, 0.3) is 16.2 Å². The quantitative estimate of drug-likeness (QED) is 0.459. The Morgan fingerprint density at radius 1 is 1.29 bits per heavy atom. The fourth-order valence-electron chi connectivity index (χ4n) is 2.66. The number of ketones is 1. The number of carbonyl (C=O) groups is 2. The van der Waals surface area contributed by atoms with Crippen LogP contribution in [-0.4, -0.2) is 58.1 Å². The van der Waals surface area contributed by atoms with Crippen LogP contribution in [0.5, 0.6) is 0 Å². The van der Waals surface area contributed by atoms with Gasteiger partial charge >= 0.3 is 6.09 Å². The predicted octanol–water partition coefficient (Wildman–Crippen LogP) is 3.55. The number of fused-ring (bicyclic) bond motifs is 1. The van der Waals surface area contributed by atoms with Crippen molar-refractivity contribution in [2.75, 3.05) is 32.1 Å². The zero-order valence-corrected chi connectivity index (χ0v) is 17.0. The number of hydrogen-bond donors (Lipinski definition) is 1. The van der Waals surface area contributed by atoms with Crippen LogP contribution in [0.4, 0.5) is 10.6 Å². The average molecular weight is 401 g/mol. The van der Waals surface area contributed by atoms with Gasteiger partial charge in [-0.15, -0.1) is 16.4 Å². The number of Topliss-reactive ketones (excluding diaryl/α,β-unsaturated/α-hetero) is 1. The lowest BCUT2D eigenvalue weighted by atomic mass is 10.3. The second-order valence-electron chi connectivity index (χ2n) is 6.25. The fourth-order valence-corrected chi connectivity index (χ4v) is 3.55. The summed E-state index contributed by atoms with van der Waals surface area (Å²) in [5.41, 5.74) is 1.58. The van der Waals surface area contributed by atoms with Gasteiger partial charge in [0.05, 0.1) is 22.6 Å². The molecule has 0 unspecified atom stereocenters. The SMILES string of the molecule is CCOC(=O)N(C)CCCNc1ccc2ncc(-c3ccc(C(C)=O)s3)n2n1. The average Bonchev–Trinajstić information content (AvgIpc) is 3.31. The summed E-state index contributed by atoms with van der Waals surface area (Å²) in [5, 5.41) is 7.87. The number of hydrogen-bond acceptors (Lipinski definition) is 7. The van der Waals surface area contributed by atoms with E-state index in [1.807, 2.05) is 24.3 Å². The molecule has 3 heterocycles. The molecule has 8 nitrogen and oxygen atoms in total. The van der Waals surface area contributed by atoms with E-state index in [1.54, 1.807) is 36.5 Å². The van der Waals surface area contributed by atoms with Crippen molar-refractivity contribution >= 4 is 34.7 Å². The number of nitrogens with zero attached hydrogens (tertiary/aromatic N) is 4. The van der Waals surface area contributed by atoms with Gasteiger partial charge in [0.2, 0.25) is 0 Å². The van der Waals surface area contributed by atoms with Crippen LogP contribution >= 0.6 is 11.3 Å². The normalized spacial score (nSPS) is 10.8. The van der Waals surface area contributed by atoms with Crippen LogP contribution in [0.2, 0.25) is 0 Å². The van der Waals surface area contributed by atoms with E-state index < -0.39 is 0 Å². The summed E-state index contributed by atoms with van der Waals surface area (Å²) < 4.78 is 6.72. The van der Waals surface area contributed by atoms with Gasteiger partial charge in [0.1, 0.15) is 11.5 Å². The molecule has 3 aromatic heterocycles. The molecule has 0 aliphatic rings. The molecule has 148 valence electrons. The van der Waals surface area contributed by atoms with Crippen molar-refractivity contribution in [3.8, 4) is 10.6 Å². The van der Waals surface area contributed by atoms with Crippen molar-refractivity contribution in [2.45, 2.75) is 20.3 Å². The Hall–Kier alpha value is -2.94. The van der Waals surface area contributed by atoms with E-state index in [9.17, 15) is 9.59 Å². The number of anilines is 1. The maximum atomic E-state index is 11.6. The molecular weight excluding hydrogens is 378 g/mol. The molecule has 1 amide bonds. The molecule has 0 aliphatic heterocycles. The molecule has 0 fully saturated rings. The number of amides is 1. The van der Waals surface area contributed by atoms with Crippen molar-refractivity contribution in [1.29, 1.82) is 0 Å². The smallest absolute Gasteiger partial charge is 0.409 e. The summed E-state index contributed by atoms with van der Waals surface area (Å²) in [5.74, 6) is 0.766. The minimum atomic E-state index is -0.314. The Bertz CT molecular complexity index is 981. The van der Waals surface area contributed by atoms with E-state index in [2.05, 4.69) is 15.4 Å². The lowest BCUT2D eigenvalue weighted by Crippen LogP contribution is -2.29. The van der Waals surface area contributed by atoms with Gasteiger partial charge in [-0.2, -0.15) is 0 Å². The largest absolute Gasteiger partial charge is 0.450 e. The van der Waals surface area contributed by atoms with Gasteiger partial charge in [-0.3, -0.25) is 4.79 Å². The summed E-state index contributed by atoms with van der Waals surface area (Å²) in [4.78, 5) is 30.7. The zero-order chi connectivity index (χ0) is 20.1.